The average molecular weight is 292 g/mol. The molecule has 6 heteroatoms. The summed E-state index contributed by atoms with van der Waals surface area (Å²) in [6.07, 6.45) is 3.34. The fourth-order valence-corrected chi connectivity index (χ4v) is 2.80. The van der Waals surface area contributed by atoms with Crippen molar-refractivity contribution >= 4 is 16.3 Å². The largest absolute Gasteiger partial charge is 0.494 e. The van der Waals surface area contributed by atoms with Crippen molar-refractivity contribution in [1.29, 1.82) is 0 Å². The number of thiazole rings is 1. The number of benzene rings is 1. The number of hydrogen-bond acceptors (Lipinski definition) is 4. The highest BCUT2D eigenvalue weighted by atomic mass is 32.1. The topological polar surface area (TPSA) is 46.8 Å². The molecular formula is C14H13FN2O2S. The predicted octanol–water partition coefficient (Wildman–Crippen LogP) is 2.82. The molecule has 104 valence electrons. The van der Waals surface area contributed by atoms with E-state index in [9.17, 15) is 9.50 Å². The van der Waals surface area contributed by atoms with E-state index in [1.54, 1.807) is 6.07 Å². The number of methoxy groups -OCH3 is 1. The summed E-state index contributed by atoms with van der Waals surface area (Å²) in [7, 11) is 1.41. The molecule has 0 saturated heterocycles. The lowest BCUT2D eigenvalue weighted by atomic mass is 10.0. The van der Waals surface area contributed by atoms with Crippen molar-refractivity contribution in [2.75, 3.05) is 7.11 Å². The number of nitrogens with zero attached hydrogens (tertiary/aromatic N) is 2. The van der Waals surface area contributed by atoms with Crippen molar-refractivity contribution in [2.24, 2.45) is 0 Å². The quantitative estimate of drug-likeness (QED) is 0.804. The summed E-state index contributed by atoms with van der Waals surface area (Å²) in [5.74, 6) is -0.307. The van der Waals surface area contributed by atoms with E-state index in [-0.39, 0.29) is 5.75 Å². The number of ether oxygens (including phenoxy) is 1. The molecule has 20 heavy (non-hydrogen) atoms. The molecule has 1 unspecified atom stereocenters. The maximum Gasteiger partial charge on any atom is 0.193 e. The third-order valence-corrected chi connectivity index (χ3v) is 3.88. The van der Waals surface area contributed by atoms with Gasteiger partial charge in [-0.15, -0.1) is 11.3 Å². The maximum atomic E-state index is 13.6. The molecule has 0 aliphatic heterocycles. The Morgan fingerprint density at radius 3 is 3.05 bits per heavy atom. The van der Waals surface area contributed by atoms with Crippen LogP contribution < -0.4 is 4.74 Å². The zero-order valence-electron chi connectivity index (χ0n) is 10.8. The van der Waals surface area contributed by atoms with Crippen LogP contribution in [0, 0.1) is 5.82 Å². The Hall–Kier alpha value is -1.92. The third-order valence-electron chi connectivity index (χ3n) is 3.11. The van der Waals surface area contributed by atoms with E-state index in [2.05, 4.69) is 4.98 Å². The molecule has 3 rings (SSSR count). The fourth-order valence-electron chi connectivity index (χ4n) is 2.08. The lowest BCUT2D eigenvalue weighted by Gasteiger charge is -2.10. The van der Waals surface area contributed by atoms with Crippen LogP contribution in [-0.2, 0) is 6.42 Å². The molecule has 0 saturated carbocycles. The van der Waals surface area contributed by atoms with E-state index in [0.717, 1.165) is 10.7 Å². The van der Waals surface area contributed by atoms with Crippen LogP contribution in [0.4, 0.5) is 4.39 Å². The molecule has 4 nitrogen and oxygen atoms in total. The zero-order chi connectivity index (χ0) is 14.1. The number of fused-ring (bicyclic) bond motifs is 1. The van der Waals surface area contributed by atoms with Gasteiger partial charge in [-0.3, -0.25) is 4.40 Å². The van der Waals surface area contributed by atoms with Crippen LogP contribution in [0.15, 0.2) is 36.0 Å². The van der Waals surface area contributed by atoms with E-state index < -0.39 is 11.9 Å². The first kappa shape index (κ1) is 13.1. The number of rotatable bonds is 4. The van der Waals surface area contributed by atoms with Crippen LogP contribution in [0.1, 0.15) is 17.4 Å². The normalized spacial score (nSPS) is 12.8. The summed E-state index contributed by atoms with van der Waals surface area (Å²) in [5, 5.41) is 12.1. The standard InChI is InChI=1S/C14H13FN2O2S/c1-19-13-3-2-9(6-11(13)15)12(18)7-10-8-17-4-5-20-14(17)16-10/h2-6,8,12,18H,7H2,1H3. The Balaban J connectivity index is 1.80. The Morgan fingerprint density at radius 2 is 2.35 bits per heavy atom. The summed E-state index contributed by atoms with van der Waals surface area (Å²) in [6.45, 7) is 0. The lowest BCUT2D eigenvalue weighted by molar-refractivity contribution is 0.176. The van der Waals surface area contributed by atoms with E-state index in [1.165, 1.54) is 30.6 Å². The van der Waals surface area contributed by atoms with Gasteiger partial charge in [0.05, 0.1) is 18.9 Å². The van der Waals surface area contributed by atoms with Gasteiger partial charge < -0.3 is 9.84 Å². The molecule has 0 aliphatic rings. The van der Waals surface area contributed by atoms with Gasteiger partial charge in [0.25, 0.3) is 0 Å². The highest BCUT2D eigenvalue weighted by molar-refractivity contribution is 7.15. The van der Waals surface area contributed by atoms with E-state index in [0.29, 0.717) is 12.0 Å². The van der Waals surface area contributed by atoms with Crippen molar-refractivity contribution in [3.8, 4) is 5.75 Å². The van der Waals surface area contributed by atoms with Gasteiger partial charge >= 0.3 is 0 Å². The Bertz CT molecular complexity index is 709. The van der Waals surface area contributed by atoms with E-state index in [4.69, 9.17) is 4.74 Å². The number of aromatic nitrogens is 2. The van der Waals surface area contributed by atoms with Crippen molar-refractivity contribution in [3.05, 3.63) is 53.0 Å². The number of imidazole rings is 1. The van der Waals surface area contributed by atoms with Crippen LogP contribution >= 0.6 is 11.3 Å². The van der Waals surface area contributed by atoms with Crippen LogP contribution in [-0.4, -0.2) is 21.6 Å². The number of aliphatic hydroxyl groups excluding tert-OH is 1. The van der Waals surface area contributed by atoms with Gasteiger partial charge in [-0.1, -0.05) is 6.07 Å². The first-order valence-corrected chi connectivity index (χ1v) is 6.98. The predicted molar refractivity (Wildman–Crippen MR) is 74.7 cm³/mol. The average Bonchev–Trinajstić information content (AvgIpc) is 2.99. The third kappa shape index (κ3) is 2.39. The molecule has 0 amide bonds. The van der Waals surface area contributed by atoms with E-state index >= 15 is 0 Å². The molecule has 0 aliphatic carbocycles. The van der Waals surface area contributed by atoms with Gasteiger partial charge in [0.15, 0.2) is 16.5 Å². The summed E-state index contributed by atoms with van der Waals surface area (Å²) in [5.41, 5.74) is 1.29. The minimum Gasteiger partial charge on any atom is -0.494 e. The highest BCUT2D eigenvalue weighted by Crippen LogP contribution is 2.24. The van der Waals surface area contributed by atoms with Crippen LogP contribution in [0.5, 0.6) is 5.75 Å². The number of hydrogen-bond donors (Lipinski definition) is 1. The number of halogens is 1. The van der Waals surface area contributed by atoms with Crippen LogP contribution in [0.3, 0.4) is 0 Å². The van der Waals surface area contributed by atoms with Crippen molar-refractivity contribution < 1.29 is 14.2 Å². The Morgan fingerprint density at radius 1 is 1.50 bits per heavy atom. The highest BCUT2D eigenvalue weighted by Gasteiger charge is 2.14. The van der Waals surface area contributed by atoms with Crippen LogP contribution in [0.25, 0.3) is 4.96 Å². The Kier molecular flexibility index (Phi) is 3.42. The Labute approximate surface area is 119 Å². The smallest absolute Gasteiger partial charge is 0.193 e. The van der Waals surface area contributed by atoms with Gasteiger partial charge in [-0.2, -0.15) is 0 Å². The second-order valence-electron chi connectivity index (χ2n) is 4.44. The molecule has 0 radical (unpaired) electrons. The molecule has 0 spiro atoms. The molecule has 1 aromatic carbocycles. The molecule has 3 aromatic rings. The van der Waals surface area contributed by atoms with Gasteiger partial charge in [0.1, 0.15) is 0 Å². The minimum absolute atomic E-state index is 0.170. The summed E-state index contributed by atoms with van der Waals surface area (Å²) >= 11 is 1.53. The second-order valence-corrected chi connectivity index (χ2v) is 5.31. The van der Waals surface area contributed by atoms with Gasteiger partial charge in [0, 0.05) is 24.2 Å². The molecule has 1 N–H and O–H groups in total. The summed E-state index contributed by atoms with van der Waals surface area (Å²) in [6, 6.07) is 4.46. The van der Waals surface area contributed by atoms with E-state index in [1.807, 2.05) is 22.2 Å². The molecule has 2 aromatic heterocycles. The maximum absolute atomic E-state index is 13.6. The molecule has 0 bridgehead atoms. The monoisotopic (exact) mass is 292 g/mol. The zero-order valence-corrected chi connectivity index (χ0v) is 11.6. The van der Waals surface area contributed by atoms with Crippen LogP contribution in [0.2, 0.25) is 0 Å². The van der Waals surface area contributed by atoms with Gasteiger partial charge in [0.2, 0.25) is 0 Å². The number of aliphatic hydroxyl groups is 1. The second kappa shape index (κ2) is 5.22. The minimum atomic E-state index is -0.792. The van der Waals surface area contributed by atoms with Gasteiger partial charge in [-0.25, -0.2) is 9.37 Å². The molecule has 2 heterocycles. The van der Waals surface area contributed by atoms with Crippen molar-refractivity contribution in [1.82, 2.24) is 9.38 Å². The molecule has 1 atom stereocenters. The molecular weight excluding hydrogens is 279 g/mol. The van der Waals surface area contributed by atoms with Gasteiger partial charge in [-0.05, 0) is 17.7 Å². The summed E-state index contributed by atoms with van der Waals surface area (Å²) in [4.78, 5) is 5.28. The SMILES string of the molecule is COc1ccc(C(O)Cc2cn3ccsc3n2)cc1F. The first-order chi connectivity index (χ1) is 9.67. The fraction of sp³-hybridized carbons (Fsp3) is 0.214. The summed E-state index contributed by atoms with van der Waals surface area (Å²) < 4.78 is 20.4. The first-order valence-electron chi connectivity index (χ1n) is 6.10. The van der Waals surface area contributed by atoms with Crippen molar-refractivity contribution in [3.63, 3.8) is 0 Å². The molecule has 0 fully saturated rings. The van der Waals surface area contributed by atoms with Crippen molar-refractivity contribution in [2.45, 2.75) is 12.5 Å². The lowest BCUT2D eigenvalue weighted by Crippen LogP contribution is -2.03.